The predicted octanol–water partition coefficient (Wildman–Crippen LogP) is 4.73. The maximum Gasteiger partial charge on any atom is 0.397 e. The molecule has 0 aromatic heterocycles. The summed E-state index contributed by atoms with van der Waals surface area (Å²) in [7, 11) is -4.54. The van der Waals surface area contributed by atoms with Crippen LogP contribution >= 0.6 is 0 Å². The fourth-order valence-electron chi connectivity index (χ4n) is 10.5. The predicted molar refractivity (Wildman–Crippen MR) is 174 cm³/mol. The number of aliphatic hydroxyl groups excluding tert-OH is 1. The van der Waals surface area contributed by atoms with Gasteiger partial charge in [0.1, 0.15) is 5.78 Å². The number of unbranched alkanes of at least 4 members (excludes halogenated alkanes) is 1. The molecule has 0 bridgehead atoms. The second kappa shape index (κ2) is 15.5. The van der Waals surface area contributed by atoms with Crippen LogP contribution in [0.5, 0.6) is 0 Å². The van der Waals surface area contributed by atoms with Gasteiger partial charge in [0.15, 0.2) is 0 Å². The monoisotopic (exact) mass is 641 g/mol. The van der Waals surface area contributed by atoms with Gasteiger partial charge < -0.3 is 21.5 Å². The molecule has 4 rings (SSSR count). The van der Waals surface area contributed by atoms with Gasteiger partial charge in [-0.05, 0) is 150 Å². The average molecular weight is 642 g/mol. The molecule has 6 unspecified atom stereocenters. The second-order valence-electron chi connectivity index (χ2n) is 15.6. The van der Waals surface area contributed by atoms with Crippen molar-refractivity contribution >= 4 is 16.2 Å². The molecule has 9 nitrogen and oxygen atoms in total. The Bertz CT molecular complexity index is 1040. The van der Waals surface area contributed by atoms with E-state index in [9.17, 15) is 18.3 Å². The van der Waals surface area contributed by atoms with Crippen molar-refractivity contribution < 1.29 is 27.1 Å². The molecule has 0 saturated heterocycles. The maximum absolute atomic E-state index is 12.7. The lowest BCUT2D eigenvalue weighted by Gasteiger charge is -2.62. The van der Waals surface area contributed by atoms with Gasteiger partial charge in [0, 0.05) is 18.4 Å². The molecule has 4 saturated carbocycles. The molecule has 0 amide bonds. The summed E-state index contributed by atoms with van der Waals surface area (Å²) in [6, 6.07) is 0.560. The van der Waals surface area contributed by atoms with Gasteiger partial charge in [-0.2, -0.15) is 8.42 Å². The Morgan fingerprint density at radius 3 is 2.41 bits per heavy atom. The van der Waals surface area contributed by atoms with Crippen molar-refractivity contribution in [1.29, 1.82) is 0 Å². The first-order valence-corrected chi connectivity index (χ1v) is 19.1. The standard InChI is InChI=1S/C34H63N3O6S/c1-23(8-11-30(38)24(2)22-43-44(40,41)42)27-9-10-28-32-29(13-15-34(27,28)4)33(3)14-12-26(20-25(33)21-31(32)39)37-19-7-18-36-17-6-5-16-35/h23-29,31-32,36-37,39H,5-22,35H2,1-4H3,(H,40,41,42)/t23-,24?,25-,26+,27?,28?,29?,31?,32?,33+,34-/m1/s1. The molecule has 44 heavy (non-hydrogen) atoms. The summed E-state index contributed by atoms with van der Waals surface area (Å²) in [6.07, 6.45) is 13.7. The SMILES string of the molecule is CC(COS(=O)(=O)O)C(=O)CC[C@@H](C)C1CCC2C3C(O)C[C@H]4C[C@@H](NCCCNCCCCN)CC[C@]4(C)C3CC[C@@]21C. The van der Waals surface area contributed by atoms with Crippen LogP contribution in [0.3, 0.4) is 0 Å². The molecule has 0 aliphatic heterocycles. The lowest BCUT2D eigenvalue weighted by atomic mass is 9.43. The minimum atomic E-state index is -4.54. The highest BCUT2D eigenvalue weighted by molar-refractivity contribution is 7.80. The summed E-state index contributed by atoms with van der Waals surface area (Å²) in [4.78, 5) is 12.7. The van der Waals surface area contributed by atoms with Crippen LogP contribution in [0.4, 0.5) is 0 Å². The van der Waals surface area contributed by atoms with Gasteiger partial charge in [0.25, 0.3) is 0 Å². The van der Waals surface area contributed by atoms with E-state index in [1.807, 2.05) is 0 Å². The van der Waals surface area contributed by atoms with E-state index in [1.54, 1.807) is 6.92 Å². The van der Waals surface area contributed by atoms with E-state index in [2.05, 4.69) is 35.6 Å². The zero-order valence-electron chi connectivity index (χ0n) is 27.9. The highest BCUT2D eigenvalue weighted by Crippen LogP contribution is 2.68. The smallest absolute Gasteiger partial charge is 0.393 e. The van der Waals surface area contributed by atoms with Crippen molar-refractivity contribution in [2.45, 2.75) is 123 Å². The van der Waals surface area contributed by atoms with Crippen molar-refractivity contribution in [1.82, 2.24) is 10.6 Å². The molecule has 0 heterocycles. The summed E-state index contributed by atoms with van der Waals surface area (Å²) in [6.45, 7) is 12.6. The van der Waals surface area contributed by atoms with E-state index in [4.69, 9.17) is 10.3 Å². The third kappa shape index (κ3) is 8.45. The van der Waals surface area contributed by atoms with Crippen LogP contribution in [0.25, 0.3) is 0 Å². The number of fused-ring (bicyclic) bond motifs is 5. The Kier molecular flexibility index (Phi) is 12.8. The minimum Gasteiger partial charge on any atom is -0.393 e. The van der Waals surface area contributed by atoms with Crippen molar-refractivity contribution in [2.75, 3.05) is 32.8 Å². The number of hydrogen-bond acceptors (Lipinski definition) is 8. The van der Waals surface area contributed by atoms with Crippen molar-refractivity contribution in [3.05, 3.63) is 0 Å². The van der Waals surface area contributed by atoms with Gasteiger partial charge in [-0.3, -0.25) is 9.35 Å². The molecule has 4 fully saturated rings. The number of carbonyl (C=O) groups excluding carboxylic acids is 1. The van der Waals surface area contributed by atoms with Crippen LogP contribution < -0.4 is 16.4 Å². The number of aliphatic hydroxyl groups is 1. The number of nitrogens with two attached hydrogens (primary N) is 1. The zero-order valence-corrected chi connectivity index (χ0v) is 28.8. The van der Waals surface area contributed by atoms with Gasteiger partial charge in [-0.1, -0.05) is 27.7 Å². The van der Waals surface area contributed by atoms with Crippen LogP contribution in [0, 0.1) is 52.3 Å². The van der Waals surface area contributed by atoms with Gasteiger partial charge in [0.2, 0.25) is 0 Å². The lowest BCUT2D eigenvalue weighted by Crippen LogP contribution is -2.59. The number of nitrogens with one attached hydrogen (secondary N) is 2. The molecule has 11 atom stereocenters. The third-order valence-electron chi connectivity index (χ3n) is 13.1. The molecule has 4 aliphatic carbocycles. The number of carbonyl (C=O) groups is 1. The Labute approximate surface area is 267 Å². The highest BCUT2D eigenvalue weighted by Gasteiger charge is 2.62. The number of rotatable bonds is 17. The molecule has 0 aromatic carbocycles. The van der Waals surface area contributed by atoms with Gasteiger partial charge in [0.05, 0.1) is 12.7 Å². The number of Topliss-reactive ketones (excluding diaryl/α,β-unsaturated/α-hetero) is 1. The van der Waals surface area contributed by atoms with Gasteiger partial charge >= 0.3 is 10.4 Å². The zero-order chi connectivity index (χ0) is 32.1. The quantitative estimate of drug-likeness (QED) is 0.112. The lowest BCUT2D eigenvalue weighted by molar-refractivity contribution is -0.167. The average Bonchev–Trinajstić information content (AvgIpc) is 3.33. The third-order valence-corrected chi connectivity index (χ3v) is 13.5. The molecule has 256 valence electrons. The van der Waals surface area contributed by atoms with E-state index in [1.165, 1.54) is 38.5 Å². The van der Waals surface area contributed by atoms with E-state index in [0.29, 0.717) is 53.4 Å². The second-order valence-corrected chi connectivity index (χ2v) is 16.7. The molecule has 0 radical (unpaired) electrons. The van der Waals surface area contributed by atoms with Crippen LogP contribution in [0.15, 0.2) is 0 Å². The minimum absolute atomic E-state index is 0.0225. The molecule has 0 spiro atoms. The summed E-state index contributed by atoms with van der Waals surface area (Å²) < 4.78 is 35.0. The first kappa shape index (κ1) is 36.2. The molecule has 0 aromatic rings. The largest absolute Gasteiger partial charge is 0.397 e. The summed E-state index contributed by atoms with van der Waals surface area (Å²) in [5.41, 5.74) is 6.07. The molecular weight excluding hydrogens is 578 g/mol. The number of hydrogen-bond donors (Lipinski definition) is 5. The number of ketones is 1. The van der Waals surface area contributed by atoms with Crippen LogP contribution in [0.1, 0.15) is 111 Å². The van der Waals surface area contributed by atoms with Crippen LogP contribution in [-0.4, -0.2) is 68.8 Å². The molecular formula is C34H63N3O6S. The van der Waals surface area contributed by atoms with Crippen molar-refractivity contribution in [3.63, 3.8) is 0 Å². The fourth-order valence-corrected chi connectivity index (χ4v) is 10.9. The van der Waals surface area contributed by atoms with Crippen molar-refractivity contribution in [2.24, 2.45) is 58.0 Å². The Morgan fingerprint density at radius 1 is 0.977 bits per heavy atom. The Hall–Kier alpha value is -0.620. The van der Waals surface area contributed by atoms with E-state index in [-0.39, 0.29) is 23.9 Å². The van der Waals surface area contributed by atoms with E-state index in [0.717, 1.165) is 64.7 Å². The first-order valence-electron chi connectivity index (χ1n) is 17.8. The summed E-state index contributed by atoms with van der Waals surface area (Å²) in [5, 5.41) is 19.1. The molecule has 4 aliphatic rings. The van der Waals surface area contributed by atoms with E-state index < -0.39 is 16.3 Å². The Balaban J connectivity index is 1.28. The normalized spacial score (nSPS) is 38.4. The molecule has 6 N–H and O–H groups in total. The Morgan fingerprint density at radius 2 is 1.68 bits per heavy atom. The van der Waals surface area contributed by atoms with Gasteiger partial charge in [-0.15, -0.1) is 0 Å². The van der Waals surface area contributed by atoms with Crippen LogP contribution in [-0.2, 0) is 19.4 Å². The topological polar surface area (TPSA) is 151 Å². The first-order chi connectivity index (χ1) is 20.8. The maximum atomic E-state index is 12.7. The fraction of sp³-hybridized carbons (Fsp3) is 0.971. The summed E-state index contributed by atoms with van der Waals surface area (Å²) >= 11 is 0. The van der Waals surface area contributed by atoms with Crippen LogP contribution in [0.2, 0.25) is 0 Å². The van der Waals surface area contributed by atoms with Gasteiger partial charge in [-0.25, -0.2) is 4.18 Å². The van der Waals surface area contributed by atoms with E-state index >= 15 is 0 Å². The summed E-state index contributed by atoms with van der Waals surface area (Å²) in [5.74, 6) is 2.39. The molecule has 10 heteroatoms. The highest BCUT2D eigenvalue weighted by atomic mass is 32.3. The van der Waals surface area contributed by atoms with Crippen molar-refractivity contribution in [3.8, 4) is 0 Å².